The molecule has 4 nitrogen and oxygen atoms in total. The summed E-state index contributed by atoms with van der Waals surface area (Å²) in [5.41, 5.74) is 0.258. The van der Waals surface area contributed by atoms with Gasteiger partial charge >= 0.3 is 6.18 Å². The third-order valence-electron chi connectivity index (χ3n) is 5.96. The zero-order valence-electron chi connectivity index (χ0n) is 15.8. The van der Waals surface area contributed by atoms with E-state index in [1.807, 2.05) is 18.2 Å². The average Bonchev–Trinajstić information content (AvgIpc) is 3.23. The number of nitrogens with one attached hydrogen (secondary N) is 1. The van der Waals surface area contributed by atoms with Crippen LogP contribution in [0, 0.1) is 11.8 Å². The van der Waals surface area contributed by atoms with E-state index in [2.05, 4.69) is 21.8 Å². The number of alkyl halides is 3. The lowest BCUT2D eigenvalue weighted by molar-refractivity contribution is -0.137. The highest BCUT2D eigenvalue weighted by molar-refractivity contribution is 7.89. The molecule has 0 bridgehead atoms. The van der Waals surface area contributed by atoms with Crippen LogP contribution in [0.25, 0.3) is 0 Å². The Labute approximate surface area is 168 Å². The van der Waals surface area contributed by atoms with Crippen molar-refractivity contribution in [3.63, 3.8) is 0 Å². The lowest BCUT2D eigenvalue weighted by Crippen LogP contribution is -2.39. The highest BCUT2D eigenvalue weighted by Gasteiger charge is 2.44. The van der Waals surface area contributed by atoms with E-state index in [4.69, 9.17) is 0 Å². The molecule has 1 N–H and O–H groups in total. The monoisotopic (exact) mass is 424 g/mol. The predicted octanol–water partition coefficient (Wildman–Crippen LogP) is 3.89. The number of rotatable bonds is 5. The summed E-state index contributed by atoms with van der Waals surface area (Å²) < 4.78 is 67.0. The van der Waals surface area contributed by atoms with E-state index in [-0.39, 0.29) is 16.9 Å². The summed E-state index contributed by atoms with van der Waals surface area (Å²) in [6, 6.07) is 13.8. The van der Waals surface area contributed by atoms with Crippen molar-refractivity contribution in [3.8, 4) is 0 Å². The number of nitrogens with zero attached hydrogens (tertiary/aromatic N) is 1. The number of benzene rings is 2. The molecule has 0 aromatic heterocycles. The van der Waals surface area contributed by atoms with Gasteiger partial charge in [-0.3, -0.25) is 4.90 Å². The molecule has 1 saturated carbocycles. The van der Waals surface area contributed by atoms with E-state index in [1.165, 1.54) is 11.6 Å². The fraction of sp³-hybridized carbons (Fsp3) is 0.429. The Kier molecular flexibility index (Phi) is 5.44. The van der Waals surface area contributed by atoms with Gasteiger partial charge in [-0.1, -0.05) is 36.4 Å². The highest BCUT2D eigenvalue weighted by Crippen LogP contribution is 2.39. The third-order valence-corrected chi connectivity index (χ3v) is 7.45. The van der Waals surface area contributed by atoms with Gasteiger partial charge in [0.15, 0.2) is 0 Å². The van der Waals surface area contributed by atoms with E-state index in [0.717, 1.165) is 38.2 Å². The van der Waals surface area contributed by atoms with Crippen LogP contribution in [-0.2, 0) is 22.7 Å². The second kappa shape index (κ2) is 7.74. The summed E-state index contributed by atoms with van der Waals surface area (Å²) in [6.07, 6.45) is -2.94. The minimum absolute atomic E-state index is 0.180. The van der Waals surface area contributed by atoms with Gasteiger partial charge in [0, 0.05) is 25.7 Å². The Bertz CT molecular complexity index is 963. The molecule has 0 radical (unpaired) electrons. The molecule has 2 aromatic rings. The van der Waals surface area contributed by atoms with Gasteiger partial charge < -0.3 is 0 Å². The van der Waals surface area contributed by atoms with Crippen molar-refractivity contribution in [2.45, 2.75) is 36.5 Å². The zero-order chi connectivity index (χ0) is 20.6. The Morgan fingerprint density at radius 1 is 1.00 bits per heavy atom. The standard InChI is InChI=1S/C21H23F3N2O2S/c22-21(23,24)17-7-4-8-18(11-17)29(27,28)25-20-10-9-16-13-26(14-19(16)20)12-15-5-2-1-3-6-15/h1-8,11,16,19-20,25H,9-10,12-14H2/t16-,19+,20+/m0/s1. The summed E-state index contributed by atoms with van der Waals surface area (Å²) in [5, 5.41) is 0. The average molecular weight is 424 g/mol. The smallest absolute Gasteiger partial charge is 0.298 e. The van der Waals surface area contributed by atoms with E-state index in [1.54, 1.807) is 0 Å². The van der Waals surface area contributed by atoms with Crippen LogP contribution in [0.4, 0.5) is 13.2 Å². The molecular formula is C21H23F3N2O2S. The molecule has 2 aromatic carbocycles. The number of sulfonamides is 1. The molecular weight excluding hydrogens is 401 g/mol. The summed E-state index contributed by atoms with van der Waals surface area (Å²) >= 11 is 0. The molecule has 0 amide bonds. The fourth-order valence-electron chi connectivity index (χ4n) is 4.58. The molecule has 1 aliphatic carbocycles. The molecule has 0 spiro atoms. The fourth-order valence-corrected chi connectivity index (χ4v) is 5.95. The normalized spacial score (nSPS) is 25.3. The van der Waals surface area contributed by atoms with Crippen LogP contribution in [0.3, 0.4) is 0 Å². The van der Waals surface area contributed by atoms with Gasteiger partial charge in [-0.25, -0.2) is 13.1 Å². The zero-order valence-corrected chi connectivity index (χ0v) is 16.6. The van der Waals surface area contributed by atoms with Gasteiger partial charge in [0.05, 0.1) is 10.5 Å². The van der Waals surface area contributed by atoms with E-state index >= 15 is 0 Å². The number of likely N-dealkylation sites (tertiary alicyclic amines) is 1. The van der Waals surface area contributed by atoms with Crippen LogP contribution in [0.1, 0.15) is 24.0 Å². The van der Waals surface area contributed by atoms with Crippen molar-refractivity contribution in [2.24, 2.45) is 11.8 Å². The van der Waals surface area contributed by atoms with Crippen molar-refractivity contribution >= 4 is 10.0 Å². The molecule has 4 rings (SSSR count). The van der Waals surface area contributed by atoms with Crippen molar-refractivity contribution in [1.82, 2.24) is 9.62 Å². The molecule has 156 valence electrons. The molecule has 1 saturated heterocycles. The number of hydrogen-bond donors (Lipinski definition) is 1. The van der Waals surface area contributed by atoms with Crippen molar-refractivity contribution in [2.75, 3.05) is 13.1 Å². The quantitative estimate of drug-likeness (QED) is 0.792. The van der Waals surface area contributed by atoms with Gasteiger partial charge in [0.1, 0.15) is 0 Å². The highest BCUT2D eigenvalue weighted by atomic mass is 32.2. The topological polar surface area (TPSA) is 49.4 Å². The first kappa shape index (κ1) is 20.4. The van der Waals surface area contributed by atoms with Crippen LogP contribution in [-0.4, -0.2) is 32.4 Å². The van der Waals surface area contributed by atoms with Crippen LogP contribution in [0.5, 0.6) is 0 Å². The maximum atomic E-state index is 12.9. The number of fused-ring (bicyclic) bond motifs is 1. The van der Waals surface area contributed by atoms with Crippen molar-refractivity contribution < 1.29 is 21.6 Å². The van der Waals surface area contributed by atoms with Gasteiger partial charge in [-0.05, 0) is 48.4 Å². The van der Waals surface area contributed by atoms with Crippen LogP contribution in [0.15, 0.2) is 59.5 Å². The van der Waals surface area contributed by atoms with Gasteiger partial charge in [0.25, 0.3) is 0 Å². The minimum atomic E-state index is -4.58. The van der Waals surface area contributed by atoms with Gasteiger partial charge in [-0.15, -0.1) is 0 Å². The molecule has 2 fully saturated rings. The molecule has 3 atom stereocenters. The third kappa shape index (κ3) is 4.49. The molecule has 0 unspecified atom stereocenters. The van der Waals surface area contributed by atoms with E-state index < -0.39 is 21.8 Å². The lowest BCUT2D eigenvalue weighted by atomic mass is 9.98. The Morgan fingerprint density at radius 3 is 2.48 bits per heavy atom. The summed E-state index contributed by atoms with van der Waals surface area (Å²) in [7, 11) is -4.01. The first-order valence-electron chi connectivity index (χ1n) is 9.68. The number of hydrogen-bond acceptors (Lipinski definition) is 3. The Balaban J connectivity index is 1.45. The molecule has 1 heterocycles. The van der Waals surface area contributed by atoms with E-state index in [0.29, 0.717) is 18.4 Å². The van der Waals surface area contributed by atoms with Gasteiger partial charge in [0.2, 0.25) is 10.0 Å². The SMILES string of the molecule is O=S(=O)(N[C@@H]1CC[C@H]2CN(Cc3ccccc3)C[C@H]21)c1cccc(C(F)(F)F)c1. The largest absolute Gasteiger partial charge is 0.416 e. The van der Waals surface area contributed by atoms with Crippen LogP contribution < -0.4 is 4.72 Å². The number of halogens is 3. The second-order valence-electron chi connectivity index (χ2n) is 7.93. The van der Waals surface area contributed by atoms with Gasteiger partial charge in [-0.2, -0.15) is 13.2 Å². The Morgan fingerprint density at radius 2 is 1.76 bits per heavy atom. The first-order chi connectivity index (χ1) is 13.7. The molecule has 29 heavy (non-hydrogen) atoms. The lowest BCUT2D eigenvalue weighted by Gasteiger charge is -2.22. The van der Waals surface area contributed by atoms with Crippen molar-refractivity contribution in [1.29, 1.82) is 0 Å². The van der Waals surface area contributed by atoms with Crippen LogP contribution in [0.2, 0.25) is 0 Å². The maximum Gasteiger partial charge on any atom is 0.416 e. The maximum absolute atomic E-state index is 12.9. The second-order valence-corrected chi connectivity index (χ2v) is 9.65. The summed E-state index contributed by atoms with van der Waals surface area (Å²) in [4.78, 5) is 1.99. The molecule has 8 heteroatoms. The van der Waals surface area contributed by atoms with Crippen molar-refractivity contribution in [3.05, 3.63) is 65.7 Å². The molecule has 1 aliphatic heterocycles. The minimum Gasteiger partial charge on any atom is -0.298 e. The van der Waals surface area contributed by atoms with Crippen LogP contribution >= 0.6 is 0 Å². The Hall–Kier alpha value is -1.90. The first-order valence-corrected chi connectivity index (χ1v) is 11.2. The predicted molar refractivity (Wildman–Crippen MR) is 103 cm³/mol. The van der Waals surface area contributed by atoms with E-state index in [9.17, 15) is 21.6 Å². The summed E-state index contributed by atoms with van der Waals surface area (Å²) in [6.45, 7) is 2.53. The molecule has 2 aliphatic rings. The summed E-state index contributed by atoms with van der Waals surface area (Å²) in [5.74, 6) is 0.590.